The van der Waals surface area contributed by atoms with Gasteiger partial charge in [0.15, 0.2) is 38.8 Å². The number of piperidine rings is 2. The molecule has 2 bridgehead atoms. The van der Waals surface area contributed by atoms with Gasteiger partial charge in [-0.3, -0.25) is 59.3 Å². The first kappa shape index (κ1) is 118. The minimum Gasteiger partial charge on any atom is -0.580 e. The first-order valence-corrected chi connectivity index (χ1v) is 49.6. The van der Waals surface area contributed by atoms with Gasteiger partial charge in [-0.15, -0.1) is 0 Å². The average molecular weight is 2140 g/mol. The number of guanidine groups is 1. The van der Waals surface area contributed by atoms with Crippen LogP contribution < -0.4 is 76.5 Å². The number of rotatable bonds is 23. The van der Waals surface area contributed by atoms with Crippen molar-refractivity contribution in [2.24, 2.45) is 40.9 Å². The molecule has 38 nitrogen and oxygen atoms in total. The van der Waals surface area contributed by atoms with Crippen LogP contribution in [0.3, 0.4) is 0 Å². The molecule has 5 unspecified atom stereocenters. The van der Waals surface area contributed by atoms with Crippen molar-refractivity contribution in [1.29, 1.82) is 5.41 Å². The van der Waals surface area contributed by atoms with Gasteiger partial charge in [-0.1, -0.05) is 151 Å². The molecular formula is C108H122Cl2N9NaO29S. The standard InChI is InChI=1S/C22H17O7.C21H28N2O3.C21H30O5.C15H16O6.C13H12N2S.C11H12Cl2N2O5.C4H7N3O.CO2.Na/c1-13-10-16(25)22-19(6-3-7-20(22)29-13)28-12-14(23)11-27-18-5-2-4-17-21(18)15(24)8-9-26-17;1-26-21(25)19-15-10-17-20-14(13-4-2-3-5-16(13)22-20)8-9-23(17)11-12(15)6-7-18(19)24;1-12(2)7-8-15-18(23)17(16(22)11-14(5)6)20(25)21(26,19(15)24)10-9-13(3)4;1-5(2)7-8-11(16)19-9(7)10-13(3)14(8,18)4-6-15(13,21-6)12(17)20-10;16-13(14-11-7-3-1-4-8-11)15-12-9-5-2-6-10-12;12-10(13)11(18)14-8(5-16)9(17)6-1-3-7(4-2-6)15(19)20;1-7-2-3(8)6-4(7)5;2-1-3;/h2-8,10,14,23H,11-12H2,1H3;2-5,12,14-15,17-20,22,24H,6-11H2,1H3;7,9,14,23-24,26H,8,10-11H2,1-6H3;6-10,18H,1,4H2,2-3H3;1-10H,(H2,14,15,16);1-4,8-10,16-17H,5H2,(H,14,18);2H2,1H3,(H2,5,6,8);;/q-1;;;;;;;;+1/t;12-,14?,15-,17-,18-,19+,20?;21-;6-,7?,8-,9-,10-,13-,14?,15+;;8-,9-;;;/m.011.1.../s1. The zero-order valence-corrected chi connectivity index (χ0v) is 89.1. The largest absolute Gasteiger partial charge is 1.00 e. The predicted molar refractivity (Wildman–Crippen MR) is 552 cm³/mol. The molecule has 6 aromatic carbocycles. The van der Waals surface area contributed by atoms with Crippen molar-refractivity contribution in [1.82, 2.24) is 20.4 Å². The Kier molecular flexibility index (Phi) is 40.0. The van der Waals surface area contributed by atoms with E-state index in [0.29, 0.717) is 75.0 Å². The number of alkyl halides is 2. The molecule has 6 saturated heterocycles. The molecule has 0 radical (unpaired) electrons. The number of esters is 3. The Balaban J connectivity index is 0.000000168. The number of nitrogens with one attached hydrogen (secondary N) is 6. The van der Waals surface area contributed by atoms with Crippen molar-refractivity contribution in [2.45, 2.75) is 196 Å². The molecule has 9 fully saturated rings. The number of thiocarbonyl (C=S) groups is 1. The molecule has 42 heteroatoms. The van der Waals surface area contributed by atoms with Crippen LogP contribution in [0.4, 0.5) is 22.7 Å². The van der Waals surface area contributed by atoms with Gasteiger partial charge in [0.25, 0.3) is 11.6 Å². The van der Waals surface area contributed by atoms with E-state index in [1.54, 1.807) is 88.2 Å². The van der Waals surface area contributed by atoms with Crippen LogP contribution in [-0.2, 0) is 62.1 Å². The zero-order chi connectivity index (χ0) is 109. The molecule has 150 heavy (non-hydrogen) atoms. The summed E-state index contributed by atoms with van der Waals surface area (Å²) in [6, 6.07) is 45.8. The summed E-state index contributed by atoms with van der Waals surface area (Å²) >= 11 is 15.9. The van der Waals surface area contributed by atoms with Crippen LogP contribution in [0.1, 0.15) is 136 Å². The molecular weight excluding hydrogens is 2010 g/mol. The third-order valence-corrected chi connectivity index (χ3v) is 28.8. The summed E-state index contributed by atoms with van der Waals surface area (Å²) in [7, 11) is 3.14. The van der Waals surface area contributed by atoms with E-state index in [9.17, 15) is 89.0 Å². The minimum absolute atomic E-state index is 0. The number of carbonyl (C=O) groups excluding carboxylic acids is 9. The summed E-state index contributed by atoms with van der Waals surface area (Å²) in [6.07, 6.45) is 5.83. The number of hydrogen-bond donors (Lipinski definition) is 14. The van der Waals surface area contributed by atoms with Crippen LogP contribution in [0.2, 0.25) is 0 Å². The number of ether oxygens (including phenoxy) is 6. The van der Waals surface area contributed by atoms with Gasteiger partial charge in [-0.2, -0.15) is 9.59 Å². The number of allylic oxidation sites excluding steroid dienone is 4. The summed E-state index contributed by atoms with van der Waals surface area (Å²) < 4.78 is 43.6. The smallest absolute Gasteiger partial charge is 0.580 e. The number of nitro benzene ring substituents is 1. The van der Waals surface area contributed by atoms with Crippen LogP contribution in [0.5, 0.6) is 11.5 Å². The molecule has 1 spiro atoms. The fourth-order valence-corrected chi connectivity index (χ4v) is 21.4. The van der Waals surface area contributed by atoms with Crippen molar-refractivity contribution in [3.8, 4) is 11.5 Å². The van der Waals surface area contributed by atoms with Crippen LogP contribution in [-0.4, -0.2) is 238 Å². The van der Waals surface area contributed by atoms with Gasteiger partial charge in [0.2, 0.25) is 17.3 Å². The molecule has 2 aromatic heterocycles. The van der Waals surface area contributed by atoms with Crippen molar-refractivity contribution in [2.75, 3.05) is 69.6 Å². The number of carbonyl (C=O) groups is 7. The third-order valence-electron chi connectivity index (χ3n) is 28.2. The van der Waals surface area contributed by atoms with Crippen LogP contribution >= 0.6 is 35.4 Å². The molecule has 19 rings (SSSR count). The van der Waals surface area contributed by atoms with Gasteiger partial charge in [-0.05, 0) is 201 Å². The number of nitro groups is 1. The number of non-ortho nitro benzene ring substituents is 1. The van der Waals surface area contributed by atoms with Crippen molar-refractivity contribution < 1.29 is 156 Å². The summed E-state index contributed by atoms with van der Waals surface area (Å²) in [6.45, 7) is 22.0. The first-order valence-electron chi connectivity index (χ1n) is 48.3. The van der Waals surface area contributed by atoms with Gasteiger partial charge in [0, 0.05) is 103 Å². The molecule has 9 heterocycles. The number of aliphatic hydroxyl groups excluding tert-OH is 6. The van der Waals surface area contributed by atoms with Crippen LogP contribution in [0.15, 0.2) is 234 Å². The molecule has 11 aliphatic rings. The van der Waals surface area contributed by atoms with E-state index in [4.69, 9.17) is 92.8 Å². The molecule has 7 aliphatic heterocycles. The second-order valence-corrected chi connectivity index (χ2v) is 40.6. The Hall–Kier alpha value is -12.7. The van der Waals surface area contributed by atoms with Crippen molar-refractivity contribution in [3.63, 3.8) is 0 Å². The van der Waals surface area contributed by atoms with E-state index in [2.05, 4.69) is 68.6 Å². The number of halogens is 2. The van der Waals surface area contributed by atoms with Gasteiger partial charge >= 0.3 is 53.6 Å². The van der Waals surface area contributed by atoms with Crippen LogP contribution in [0, 0.1) is 69.6 Å². The summed E-state index contributed by atoms with van der Waals surface area (Å²) in [5.74, 6) is -3.30. The van der Waals surface area contributed by atoms with Gasteiger partial charge in [0.1, 0.15) is 82.9 Å². The van der Waals surface area contributed by atoms with E-state index in [1.807, 2.05) is 95.3 Å². The second kappa shape index (κ2) is 51.0. The number of Topliss-reactive ketones (excluding diaryl/α,β-unsaturated/α-hetero) is 2. The number of aliphatic hydroxyl groups is 8. The molecule has 19 atom stereocenters. The maximum Gasteiger partial charge on any atom is 1.00 e. The molecule has 4 aliphatic carbocycles. The number of fused-ring (bicyclic) bond motifs is 12. The summed E-state index contributed by atoms with van der Waals surface area (Å²) in [5.41, 5.74) is 1.68. The Bertz CT molecular complexity index is 6590. The Labute approximate surface area is 901 Å². The third kappa shape index (κ3) is 25.9. The quantitative estimate of drug-likeness (QED) is 0.00242. The predicted octanol–water partition coefficient (Wildman–Crippen LogP) is 9.04. The van der Waals surface area contributed by atoms with E-state index >= 15 is 0 Å². The number of hydrogen-bond acceptors (Lipinski definition) is 33. The number of methoxy groups -OCH3 is 1. The van der Waals surface area contributed by atoms with E-state index in [0.717, 1.165) is 60.4 Å². The molecule has 794 valence electrons. The number of amides is 2. The number of likely N-dealkylation sites (N-methyl/N-ethyl adjacent to an activating group) is 1. The second-order valence-electron chi connectivity index (χ2n) is 39.1. The fraction of sp³-hybridized carbons (Fsp3) is 0.426. The first-order chi connectivity index (χ1) is 70.7. The maximum atomic E-state index is 12.9. The Morgan fingerprint density at radius 2 is 1.41 bits per heavy atom. The molecule has 2 amide bonds. The van der Waals surface area contributed by atoms with Gasteiger partial charge < -0.3 is 109 Å². The number of aryl methyl sites for hydroxylation is 1. The monoisotopic (exact) mass is 2130 g/mol. The fourth-order valence-electron chi connectivity index (χ4n) is 21.0. The molecule has 3 saturated carbocycles. The topological polar surface area (TPSA) is 568 Å². The van der Waals surface area contributed by atoms with E-state index < -0.39 is 128 Å². The van der Waals surface area contributed by atoms with E-state index in [-0.39, 0.29) is 150 Å². The zero-order valence-electron chi connectivity index (χ0n) is 84.7. The number of nitrogens with zero attached hydrogens (tertiary/aromatic N) is 3. The average Bonchev–Trinajstić information content (AvgIpc) is 1.44. The Morgan fingerprint density at radius 3 is 1.97 bits per heavy atom. The molecule has 8 aromatic rings. The van der Waals surface area contributed by atoms with E-state index in [1.165, 1.54) is 61.2 Å². The number of epoxide rings is 1. The number of para-hydroxylation sites is 3. The summed E-state index contributed by atoms with van der Waals surface area (Å²) in [5, 5.41) is 117. The number of benzene rings is 6. The Morgan fingerprint density at radius 1 is 0.813 bits per heavy atom. The van der Waals surface area contributed by atoms with Crippen LogP contribution in [0.25, 0.3) is 21.9 Å². The summed E-state index contributed by atoms with van der Waals surface area (Å²) in [4.78, 5) is 137. The van der Waals surface area contributed by atoms with Crippen molar-refractivity contribution >= 4 is 139 Å². The number of anilines is 3. The molecule has 14 N–H and O–H groups in total. The van der Waals surface area contributed by atoms with Gasteiger partial charge in [-0.25, -0.2) is 4.79 Å². The normalized spacial score (nSPS) is 25.7. The SMILES string of the molecule is C=C(C)C1[C@H]2OC(=O)[C@@H]1C1(O)C[C@H]3O[C@]34C(=O)O[C@H]2[C@]14C.CC(C)=CCC1=C(O)[C@](O)(CC=C(C)C)C(=O)C(C(=O)CC(C)C)=C1O.CN1CC(=O)NC1=N.COC(=O)[C@@H]1[C@H]2C[C@H]3C4Nc5ccccc5C4CCN3C[C@@H]2CC[C@@H]1O.Cc1cc(=O)c2c(OCC(O)COc3cccc4o[c-]cc(=O)c34)cccc2o1.O=C(N[C@H](CO)[C@H](O)c1ccc([N+](=O)[O-])cc1)C(Cl)Cl.O=C=O.S=C(Nc1ccccc1)Nc1ccccc1.[Na+]. The number of ketones is 2. The minimum atomic E-state index is -2.24. The van der Waals surface area contributed by atoms with Gasteiger partial charge in [0.05, 0.1) is 65.6 Å². The maximum absolute atomic E-state index is 12.9. The van der Waals surface area contributed by atoms with Crippen molar-refractivity contribution in [3.05, 3.63) is 270 Å².